The summed E-state index contributed by atoms with van der Waals surface area (Å²) in [6, 6.07) is 8.86. The molecule has 11 nitrogen and oxygen atoms in total. The summed E-state index contributed by atoms with van der Waals surface area (Å²) in [6.07, 6.45) is 11.2. The molecular weight excluding hydrogens is 571 g/mol. The van der Waals surface area contributed by atoms with E-state index in [0.717, 1.165) is 59.4 Å². The van der Waals surface area contributed by atoms with Gasteiger partial charge in [-0.05, 0) is 75.9 Å². The molecule has 0 unspecified atom stereocenters. The van der Waals surface area contributed by atoms with Crippen molar-refractivity contribution in [2.75, 3.05) is 58.7 Å². The second-order valence-electron chi connectivity index (χ2n) is 11.6. The van der Waals surface area contributed by atoms with E-state index in [1.165, 1.54) is 25.0 Å². The van der Waals surface area contributed by atoms with Crippen LogP contribution >= 0.6 is 0 Å². The van der Waals surface area contributed by atoms with Gasteiger partial charge in [-0.2, -0.15) is 5.10 Å². The Morgan fingerprint density at radius 3 is 2.69 bits per heavy atom. The molecule has 6 heterocycles. The number of nitrogens with one attached hydrogen (secondary N) is 3. The SMILES string of the molecule is CN(C)CCNc1cc(F)cc(-c2cncc3[nH]c(-c4n[nH]c5cnc(-c6cncc(OCCN7CCCC7)c6)cc45)nc23)c1. The van der Waals surface area contributed by atoms with Gasteiger partial charge < -0.3 is 19.9 Å². The van der Waals surface area contributed by atoms with E-state index in [1.54, 1.807) is 31.0 Å². The number of likely N-dealkylation sites (tertiary alicyclic amines) is 1. The number of rotatable bonds is 11. The summed E-state index contributed by atoms with van der Waals surface area (Å²) in [4.78, 5) is 26.3. The predicted octanol–water partition coefficient (Wildman–Crippen LogP) is 5.21. The van der Waals surface area contributed by atoms with E-state index in [-0.39, 0.29) is 5.82 Å². The van der Waals surface area contributed by atoms with Gasteiger partial charge in [-0.25, -0.2) is 9.37 Å². The molecule has 1 aliphatic heterocycles. The number of hydrogen-bond donors (Lipinski definition) is 3. The van der Waals surface area contributed by atoms with E-state index < -0.39 is 0 Å². The molecule has 0 amide bonds. The first-order valence-corrected chi connectivity index (χ1v) is 15.2. The molecule has 1 fully saturated rings. The molecule has 5 aromatic heterocycles. The molecule has 45 heavy (non-hydrogen) atoms. The lowest BCUT2D eigenvalue weighted by Gasteiger charge is -2.15. The zero-order valence-corrected chi connectivity index (χ0v) is 25.3. The van der Waals surface area contributed by atoms with E-state index in [2.05, 4.69) is 45.2 Å². The van der Waals surface area contributed by atoms with Gasteiger partial charge in [0.1, 0.15) is 23.9 Å². The second kappa shape index (κ2) is 12.6. The summed E-state index contributed by atoms with van der Waals surface area (Å²) in [5.41, 5.74) is 6.53. The molecule has 0 saturated carbocycles. The second-order valence-corrected chi connectivity index (χ2v) is 11.6. The standard InChI is InChI=1S/C33H35FN10O/c1-43(2)8-5-37-24-12-21(11-23(34)14-24)27-18-36-19-30-31(27)40-33(39-30)32-26-15-28(38-20-29(26)41-42-32)22-13-25(17-35-16-22)45-10-9-44-6-3-4-7-44/h11-20,37H,3-10H2,1-2H3,(H,39,40)(H,41,42). The lowest BCUT2D eigenvalue weighted by molar-refractivity contribution is 0.237. The third-order valence-electron chi connectivity index (χ3n) is 8.05. The number of halogens is 1. The molecule has 3 N–H and O–H groups in total. The Kier molecular flexibility index (Phi) is 8.05. The zero-order valence-electron chi connectivity index (χ0n) is 25.3. The third kappa shape index (κ3) is 6.33. The van der Waals surface area contributed by atoms with Gasteiger partial charge in [-0.3, -0.25) is 25.0 Å². The minimum absolute atomic E-state index is 0.332. The minimum atomic E-state index is -0.332. The first kappa shape index (κ1) is 28.8. The van der Waals surface area contributed by atoms with Gasteiger partial charge in [0.05, 0.1) is 40.8 Å². The summed E-state index contributed by atoms with van der Waals surface area (Å²) in [7, 11) is 4.00. The van der Waals surface area contributed by atoms with Crippen molar-refractivity contribution < 1.29 is 9.13 Å². The van der Waals surface area contributed by atoms with Gasteiger partial charge in [0, 0.05) is 54.2 Å². The molecule has 1 aromatic carbocycles. The molecule has 6 aromatic rings. The summed E-state index contributed by atoms with van der Waals surface area (Å²) in [5, 5.41) is 11.8. The highest BCUT2D eigenvalue weighted by Crippen LogP contribution is 2.33. The molecule has 0 atom stereocenters. The third-order valence-corrected chi connectivity index (χ3v) is 8.05. The number of H-pyrrole nitrogens is 2. The van der Waals surface area contributed by atoms with Crippen LogP contribution in [0, 0.1) is 5.82 Å². The highest BCUT2D eigenvalue weighted by atomic mass is 19.1. The van der Waals surface area contributed by atoms with Crippen molar-refractivity contribution in [3.05, 3.63) is 67.1 Å². The van der Waals surface area contributed by atoms with Gasteiger partial charge in [0.15, 0.2) is 5.82 Å². The number of anilines is 1. The number of pyridine rings is 3. The number of imidazole rings is 1. The Bertz CT molecular complexity index is 1950. The lowest BCUT2D eigenvalue weighted by atomic mass is 10.1. The van der Waals surface area contributed by atoms with Crippen molar-refractivity contribution in [3.63, 3.8) is 0 Å². The predicted molar refractivity (Wildman–Crippen MR) is 174 cm³/mol. The molecule has 0 bridgehead atoms. The summed E-state index contributed by atoms with van der Waals surface area (Å²) >= 11 is 0. The van der Waals surface area contributed by atoms with Crippen molar-refractivity contribution in [1.82, 2.24) is 44.9 Å². The largest absolute Gasteiger partial charge is 0.491 e. The van der Waals surface area contributed by atoms with Crippen LogP contribution in [0.3, 0.4) is 0 Å². The Balaban J connectivity index is 1.17. The highest BCUT2D eigenvalue weighted by molar-refractivity contribution is 5.97. The van der Waals surface area contributed by atoms with Gasteiger partial charge in [-0.15, -0.1) is 0 Å². The van der Waals surface area contributed by atoms with Crippen LogP contribution in [0.4, 0.5) is 10.1 Å². The van der Waals surface area contributed by atoms with Crippen molar-refractivity contribution in [2.45, 2.75) is 12.8 Å². The van der Waals surface area contributed by atoms with Crippen molar-refractivity contribution >= 4 is 27.6 Å². The summed E-state index contributed by atoms with van der Waals surface area (Å²) < 4.78 is 20.7. The number of ether oxygens (including phenoxy) is 1. The maximum Gasteiger partial charge on any atom is 0.159 e. The number of aromatic amines is 2. The number of likely N-dealkylation sites (N-methyl/N-ethyl adjacent to an activating group) is 1. The average molecular weight is 607 g/mol. The van der Waals surface area contributed by atoms with E-state index in [9.17, 15) is 4.39 Å². The summed E-state index contributed by atoms with van der Waals surface area (Å²) in [5.74, 6) is 0.953. The first-order valence-electron chi connectivity index (χ1n) is 15.2. The smallest absolute Gasteiger partial charge is 0.159 e. The van der Waals surface area contributed by atoms with Crippen LogP contribution < -0.4 is 10.1 Å². The van der Waals surface area contributed by atoms with Crippen molar-refractivity contribution in [3.8, 4) is 39.7 Å². The van der Waals surface area contributed by atoms with Gasteiger partial charge in [-0.1, -0.05) is 0 Å². The van der Waals surface area contributed by atoms with Crippen LogP contribution in [-0.2, 0) is 0 Å². The van der Waals surface area contributed by atoms with Gasteiger partial charge in [0.2, 0.25) is 0 Å². The summed E-state index contributed by atoms with van der Waals surface area (Å²) in [6.45, 7) is 5.34. The number of benzene rings is 1. The number of fused-ring (bicyclic) bond motifs is 2. The molecule has 1 aliphatic rings. The van der Waals surface area contributed by atoms with E-state index >= 15 is 0 Å². The molecule has 1 saturated heterocycles. The first-order chi connectivity index (χ1) is 22.0. The van der Waals surface area contributed by atoms with Crippen molar-refractivity contribution in [1.29, 1.82) is 0 Å². The van der Waals surface area contributed by atoms with Crippen LogP contribution in [0.15, 0.2) is 61.3 Å². The maximum absolute atomic E-state index is 14.7. The molecule has 0 spiro atoms. The topological polar surface area (TPSA) is 124 Å². The highest BCUT2D eigenvalue weighted by Gasteiger charge is 2.18. The molecule has 0 aliphatic carbocycles. The fraction of sp³-hybridized carbons (Fsp3) is 0.303. The van der Waals surface area contributed by atoms with Gasteiger partial charge >= 0.3 is 0 Å². The molecule has 7 rings (SSSR count). The molecule has 0 radical (unpaired) electrons. The van der Waals surface area contributed by atoms with Crippen LogP contribution in [-0.4, -0.2) is 98.3 Å². The fourth-order valence-corrected chi connectivity index (χ4v) is 5.72. The number of hydrogen-bond acceptors (Lipinski definition) is 9. The van der Waals surface area contributed by atoms with Crippen molar-refractivity contribution in [2.24, 2.45) is 0 Å². The normalized spacial score (nSPS) is 13.8. The van der Waals surface area contributed by atoms with Crippen LogP contribution in [0.5, 0.6) is 5.75 Å². The fourth-order valence-electron chi connectivity index (χ4n) is 5.72. The molecular formula is C33H35FN10O. The Morgan fingerprint density at radius 1 is 0.956 bits per heavy atom. The van der Waals surface area contributed by atoms with E-state index in [1.807, 2.05) is 32.3 Å². The minimum Gasteiger partial charge on any atom is -0.491 e. The van der Waals surface area contributed by atoms with E-state index in [4.69, 9.17) is 9.72 Å². The van der Waals surface area contributed by atoms with Gasteiger partial charge in [0.25, 0.3) is 0 Å². The average Bonchev–Trinajstić information content (AvgIpc) is 3.80. The molecule has 230 valence electrons. The maximum atomic E-state index is 14.7. The zero-order chi connectivity index (χ0) is 30.8. The quantitative estimate of drug-likeness (QED) is 0.182. The van der Waals surface area contributed by atoms with Crippen LogP contribution in [0.25, 0.3) is 55.8 Å². The Morgan fingerprint density at radius 2 is 1.82 bits per heavy atom. The molecule has 12 heteroatoms. The number of aromatic nitrogens is 7. The van der Waals surface area contributed by atoms with E-state index in [0.29, 0.717) is 47.2 Å². The monoisotopic (exact) mass is 606 g/mol. The Labute approximate surface area is 259 Å². The number of nitrogens with zero attached hydrogens (tertiary/aromatic N) is 7. The lowest BCUT2D eigenvalue weighted by Crippen LogP contribution is -2.25. The van der Waals surface area contributed by atoms with Crippen LogP contribution in [0.1, 0.15) is 12.8 Å². The Hall–Kier alpha value is -4.94. The van der Waals surface area contributed by atoms with Crippen LogP contribution in [0.2, 0.25) is 0 Å².